The Morgan fingerprint density at radius 3 is 2.59 bits per heavy atom. The smallest absolute Gasteiger partial charge is 0.295 e. The lowest BCUT2D eigenvalue weighted by molar-refractivity contribution is -0.393. The molecule has 2 N–H and O–H groups in total. The molecule has 0 saturated heterocycles. The molecule has 0 atom stereocenters. The molecule has 0 aliphatic heterocycles. The molecule has 0 spiro atoms. The van der Waals surface area contributed by atoms with Gasteiger partial charge in [-0.2, -0.15) is 5.10 Å². The summed E-state index contributed by atoms with van der Waals surface area (Å²) in [5, 5.41) is 29.2. The Balaban J connectivity index is 1.89. The number of rotatable bonds is 6. The summed E-state index contributed by atoms with van der Waals surface area (Å²) in [6.07, 6.45) is 1.21. The third kappa shape index (κ3) is 4.14. The fraction of sp³-hybridized carbons (Fsp3) is 0.0588. The highest BCUT2D eigenvalue weighted by atomic mass is 35.5. The third-order valence-corrected chi connectivity index (χ3v) is 4.19. The highest BCUT2D eigenvalue weighted by molar-refractivity contribution is 6.30. The van der Waals surface area contributed by atoms with Crippen LogP contribution >= 0.6 is 11.6 Å². The highest BCUT2D eigenvalue weighted by Gasteiger charge is 2.19. The predicted molar refractivity (Wildman–Crippen MR) is 107 cm³/mol. The van der Waals surface area contributed by atoms with Crippen molar-refractivity contribution in [1.29, 1.82) is 0 Å². The van der Waals surface area contributed by atoms with Gasteiger partial charge in [0, 0.05) is 16.8 Å². The minimum atomic E-state index is -0.765. The van der Waals surface area contributed by atoms with Crippen molar-refractivity contribution in [3.8, 4) is 5.69 Å². The van der Waals surface area contributed by atoms with Gasteiger partial charge < -0.3 is 0 Å². The number of hydrogen-bond donors (Lipinski definition) is 2. The van der Waals surface area contributed by atoms with Crippen LogP contribution in [0.15, 0.2) is 52.4 Å². The van der Waals surface area contributed by atoms with Crippen molar-refractivity contribution in [3.63, 3.8) is 0 Å². The van der Waals surface area contributed by atoms with Crippen LogP contribution in [0.5, 0.6) is 0 Å². The Morgan fingerprint density at radius 1 is 1.17 bits per heavy atom. The van der Waals surface area contributed by atoms with Gasteiger partial charge in [0.05, 0.1) is 33.4 Å². The van der Waals surface area contributed by atoms with E-state index in [9.17, 15) is 25.0 Å². The summed E-state index contributed by atoms with van der Waals surface area (Å²) in [6, 6.07) is 9.78. The number of aryl methyl sites for hydroxylation is 1. The van der Waals surface area contributed by atoms with E-state index in [4.69, 9.17) is 11.6 Å². The number of H-pyrrole nitrogens is 1. The van der Waals surface area contributed by atoms with Crippen LogP contribution in [0.3, 0.4) is 0 Å². The van der Waals surface area contributed by atoms with E-state index in [-0.39, 0.29) is 11.3 Å². The van der Waals surface area contributed by atoms with Gasteiger partial charge in [0.25, 0.3) is 11.2 Å². The Morgan fingerprint density at radius 2 is 1.93 bits per heavy atom. The average molecular weight is 417 g/mol. The van der Waals surface area contributed by atoms with Gasteiger partial charge in [0.15, 0.2) is 0 Å². The standard InChI is InChI=1S/C17H13ClN6O5/c1-10-14(17(25)22(21-10)12-4-2-3-11(18)7-12)9-19-20-15-6-5-13(23(26)27)8-16(15)24(28)29/h2-9,20-21H,1H3/b19-9+. The van der Waals surface area contributed by atoms with Gasteiger partial charge in [-0.05, 0) is 31.2 Å². The first kappa shape index (κ1) is 19.8. The average Bonchev–Trinajstić information content (AvgIpc) is 2.96. The molecule has 29 heavy (non-hydrogen) atoms. The van der Waals surface area contributed by atoms with Crippen molar-refractivity contribution in [2.75, 3.05) is 5.43 Å². The molecule has 0 amide bonds. The number of aromatic nitrogens is 2. The lowest BCUT2D eigenvalue weighted by Crippen LogP contribution is -2.17. The number of hydrogen-bond acceptors (Lipinski definition) is 7. The van der Waals surface area contributed by atoms with Gasteiger partial charge in [-0.15, -0.1) is 0 Å². The summed E-state index contributed by atoms with van der Waals surface area (Å²) in [6.45, 7) is 1.66. The van der Waals surface area contributed by atoms with E-state index in [1.807, 2.05) is 0 Å². The third-order valence-electron chi connectivity index (χ3n) is 3.95. The van der Waals surface area contributed by atoms with E-state index in [1.165, 1.54) is 17.0 Å². The van der Waals surface area contributed by atoms with Gasteiger partial charge in [-0.1, -0.05) is 17.7 Å². The van der Waals surface area contributed by atoms with Crippen molar-refractivity contribution < 1.29 is 9.85 Å². The lowest BCUT2D eigenvalue weighted by Gasteiger charge is -2.01. The summed E-state index contributed by atoms with van der Waals surface area (Å²) in [7, 11) is 0. The molecule has 3 rings (SSSR count). The number of nitro groups is 2. The van der Waals surface area contributed by atoms with Crippen LogP contribution in [0.2, 0.25) is 5.02 Å². The molecule has 3 aromatic rings. The van der Waals surface area contributed by atoms with Gasteiger partial charge in [-0.25, -0.2) is 4.68 Å². The highest BCUT2D eigenvalue weighted by Crippen LogP contribution is 2.28. The first-order chi connectivity index (χ1) is 13.8. The fourth-order valence-electron chi connectivity index (χ4n) is 2.55. The first-order valence-electron chi connectivity index (χ1n) is 8.07. The maximum atomic E-state index is 12.6. The molecule has 0 aliphatic carbocycles. The minimum absolute atomic E-state index is 0.0554. The number of non-ortho nitro benzene ring substituents is 1. The Kier molecular flexibility index (Phi) is 5.41. The van der Waals surface area contributed by atoms with Gasteiger partial charge in [-0.3, -0.25) is 35.5 Å². The number of hydrazone groups is 1. The molecular formula is C17H13ClN6O5. The number of nitrogens with zero attached hydrogens (tertiary/aromatic N) is 4. The minimum Gasteiger partial charge on any atom is -0.295 e. The van der Waals surface area contributed by atoms with Crippen LogP contribution in [-0.2, 0) is 0 Å². The molecule has 11 nitrogen and oxygen atoms in total. The molecule has 1 heterocycles. The Labute approximate surface area is 167 Å². The number of anilines is 1. The summed E-state index contributed by atoms with van der Waals surface area (Å²) >= 11 is 5.95. The van der Waals surface area contributed by atoms with Crippen LogP contribution in [-0.4, -0.2) is 25.8 Å². The first-order valence-corrected chi connectivity index (χ1v) is 8.45. The van der Waals surface area contributed by atoms with Crippen LogP contribution in [0.25, 0.3) is 5.69 Å². The zero-order chi connectivity index (χ0) is 21.1. The lowest BCUT2D eigenvalue weighted by atomic mass is 10.2. The normalized spacial score (nSPS) is 11.0. The molecule has 0 unspecified atom stereocenters. The molecule has 0 radical (unpaired) electrons. The van der Waals surface area contributed by atoms with Crippen molar-refractivity contribution in [1.82, 2.24) is 9.78 Å². The molecular weight excluding hydrogens is 404 g/mol. The number of nitro benzene ring substituents is 2. The molecule has 0 saturated carbocycles. The quantitative estimate of drug-likeness (QED) is 0.357. The van der Waals surface area contributed by atoms with Gasteiger partial charge in [0.2, 0.25) is 0 Å². The Hall–Kier alpha value is -3.99. The largest absolute Gasteiger partial charge is 0.301 e. The molecule has 12 heteroatoms. The summed E-state index contributed by atoms with van der Waals surface area (Å²) < 4.78 is 1.29. The molecule has 1 aromatic heterocycles. The molecule has 0 fully saturated rings. The maximum Gasteiger partial charge on any atom is 0.301 e. The van der Waals surface area contributed by atoms with E-state index in [0.29, 0.717) is 16.4 Å². The van der Waals surface area contributed by atoms with E-state index in [2.05, 4.69) is 15.6 Å². The monoisotopic (exact) mass is 416 g/mol. The Bertz CT molecular complexity index is 1200. The topological polar surface area (TPSA) is 148 Å². The summed E-state index contributed by atoms with van der Waals surface area (Å²) in [4.78, 5) is 33.1. The summed E-state index contributed by atoms with van der Waals surface area (Å²) in [5.74, 6) is 0. The second kappa shape index (κ2) is 7.94. The molecule has 0 bridgehead atoms. The SMILES string of the molecule is Cc1[nH]n(-c2cccc(Cl)c2)c(=O)c1/C=N/Nc1ccc([N+](=O)[O-])cc1[N+](=O)[O-]. The molecule has 2 aromatic carbocycles. The van der Waals surface area contributed by atoms with Crippen LogP contribution < -0.4 is 11.0 Å². The van der Waals surface area contributed by atoms with Crippen LogP contribution in [0.1, 0.15) is 11.3 Å². The number of benzene rings is 2. The van der Waals surface area contributed by atoms with Crippen molar-refractivity contribution >= 4 is 34.9 Å². The fourth-order valence-corrected chi connectivity index (χ4v) is 2.74. The number of nitrogens with one attached hydrogen (secondary N) is 2. The predicted octanol–water partition coefficient (Wildman–Crippen LogP) is 3.39. The summed E-state index contributed by atoms with van der Waals surface area (Å²) in [5.41, 5.74) is 2.33. The molecule has 148 valence electrons. The zero-order valence-electron chi connectivity index (χ0n) is 14.8. The maximum absolute atomic E-state index is 12.6. The second-order valence-corrected chi connectivity index (χ2v) is 6.29. The van der Waals surface area contributed by atoms with Gasteiger partial charge >= 0.3 is 5.69 Å². The van der Waals surface area contributed by atoms with Crippen LogP contribution in [0.4, 0.5) is 17.1 Å². The van der Waals surface area contributed by atoms with E-state index >= 15 is 0 Å². The van der Waals surface area contributed by atoms with E-state index < -0.39 is 26.8 Å². The zero-order valence-corrected chi connectivity index (χ0v) is 15.6. The number of halogens is 1. The van der Waals surface area contributed by atoms with E-state index in [0.717, 1.165) is 12.1 Å². The van der Waals surface area contributed by atoms with E-state index in [1.54, 1.807) is 31.2 Å². The van der Waals surface area contributed by atoms with Crippen molar-refractivity contribution in [3.05, 3.63) is 89.3 Å². The molecule has 0 aliphatic rings. The second-order valence-electron chi connectivity index (χ2n) is 5.86. The van der Waals surface area contributed by atoms with Crippen molar-refractivity contribution in [2.45, 2.75) is 6.92 Å². The van der Waals surface area contributed by atoms with Crippen molar-refractivity contribution in [2.24, 2.45) is 5.10 Å². The van der Waals surface area contributed by atoms with Crippen LogP contribution in [0, 0.1) is 27.2 Å². The number of aromatic amines is 1. The van der Waals surface area contributed by atoms with Gasteiger partial charge in [0.1, 0.15) is 5.69 Å².